The maximum atomic E-state index is 11.2. The number of nitrogens with two attached hydrogens (primary N) is 1. The van der Waals surface area contributed by atoms with E-state index in [1.165, 1.54) is 25.3 Å². The molecule has 1 saturated carbocycles. The molecule has 0 aromatic heterocycles. The van der Waals surface area contributed by atoms with Crippen LogP contribution in [0, 0.1) is 17.3 Å². The average molecular weight is 307 g/mol. The van der Waals surface area contributed by atoms with Crippen molar-refractivity contribution in [2.24, 2.45) is 23.0 Å². The third-order valence-corrected chi connectivity index (χ3v) is 5.71. The van der Waals surface area contributed by atoms with Crippen molar-refractivity contribution >= 4 is 5.97 Å². The molecule has 22 heavy (non-hydrogen) atoms. The first kappa shape index (κ1) is 16.0. The largest absolute Gasteiger partial charge is 0.436 e. The Labute approximate surface area is 133 Å². The highest BCUT2D eigenvalue weighted by atomic mass is 16.7. The first-order chi connectivity index (χ1) is 10.3. The van der Waals surface area contributed by atoms with E-state index in [2.05, 4.69) is 19.9 Å². The standard InChI is InChI=1S/C18H29NO3/c1-12(20)22-16-15-6-5-14(9-13(15)10-21-16)18(19)8-4-7-17(2,3)11-18/h9,13,15-16H,4-8,10-11,19H2,1-3H3/t13-,15-,16+,18-/m0/s1. The van der Waals surface area contributed by atoms with Gasteiger partial charge in [0.2, 0.25) is 6.29 Å². The quantitative estimate of drug-likeness (QED) is 0.629. The second kappa shape index (κ2) is 5.64. The Kier molecular flexibility index (Phi) is 4.11. The third-order valence-electron chi connectivity index (χ3n) is 5.71. The molecule has 124 valence electrons. The van der Waals surface area contributed by atoms with Gasteiger partial charge in [0, 0.05) is 24.3 Å². The monoisotopic (exact) mass is 307 g/mol. The first-order valence-electron chi connectivity index (χ1n) is 8.58. The summed E-state index contributed by atoms with van der Waals surface area (Å²) < 4.78 is 11.0. The number of fused-ring (bicyclic) bond motifs is 1. The molecule has 0 aromatic rings. The van der Waals surface area contributed by atoms with Crippen LogP contribution in [-0.2, 0) is 14.3 Å². The molecule has 4 atom stereocenters. The number of ether oxygens (including phenoxy) is 2. The molecule has 0 spiro atoms. The molecule has 2 fully saturated rings. The van der Waals surface area contributed by atoms with E-state index < -0.39 is 0 Å². The van der Waals surface area contributed by atoms with Crippen molar-refractivity contribution in [3.8, 4) is 0 Å². The van der Waals surface area contributed by atoms with Gasteiger partial charge in [-0.3, -0.25) is 4.79 Å². The first-order valence-corrected chi connectivity index (χ1v) is 8.58. The van der Waals surface area contributed by atoms with Gasteiger partial charge < -0.3 is 15.2 Å². The van der Waals surface area contributed by atoms with Gasteiger partial charge in [-0.25, -0.2) is 0 Å². The van der Waals surface area contributed by atoms with Crippen LogP contribution in [0.1, 0.15) is 59.3 Å². The Bertz CT molecular complexity index is 485. The van der Waals surface area contributed by atoms with Crippen LogP contribution < -0.4 is 5.73 Å². The lowest BCUT2D eigenvalue weighted by Gasteiger charge is -2.45. The van der Waals surface area contributed by atoms with Gasteiger partial charge in [0.25, 0.3) is 0 Å². The second-order valence-corrected chi connectivity index (χ2v) is 8.22. The Morgan fingerprint density at radius 3 is 2.86 bits per heavy atom. The fourth-order valence-corrected chi connectivity index (χ4v) is 4.73. The Balaban J connectivity index is 1.74. The predicted molar refractivity (Wildman–Crippen MR) is 85.0 cm³/mol. The highest BCUT2D eigenvalue weighted by Crippen LogP contribution is 2.47. The van der Waals surface area contributed by atoms with E-state index in [-0.39, 0.29) is 17.8 Å². The van der Waals surface area contributed by atoms with Crippen molar-refractivity contribution in [2.45, 2.75) is 71.1 Å². The fourth-order valence-electron chi connectivity index (χ4n) is 4.73. The Morgan fingerprint density at radius 2 is 2.18 bits per heavy atom. The van der Waals surface area contributed by atoms with Gasteiger partial charge in [-0.2, -0.15) is 0 Å². The molecular weight excluding hydrogens is 278 g/mol. The number of esters is 1. The second-order valence-electron chi connectivity index (χ2n) is 8.22. The van der Waals surface area contributed by atoms with Crippen molar-refractivity contribution in [1.29, 1.82) is 0 Å². The van der Waals surface area contributed by atoms with Gasteiger partial charge in [-0.15, -0.1) is 0 Å². The average Bonchev–Trinajstić information content (AvgIpc) is 2.79. The number of carbonyl (C=O) groups excluding carboxylic acids is 1. The van der Waals surface area contributed by atoms with Crippen LogP contribution in [0.3, 0.4) is 0 Å². The molecule has 2 N–H and O–H groups in total. The summed E-state index contributed by atoms with van der Waals surface area (Å²) in [6.07, 6.45) is 8.63. The van der Waals surface area contributed by atoms with E-state index in [0.717, 1.165) is 25.7 Å². The van der Waals surface area contributed by atoms with Crippen LogP contribution >= 0.6 is 0 Å². The van der Waals surface area contributed by atoms with Crippen LogP contribution in [0.15, 0.2) is 11.6 Å². The molecule has 1 aliphatic heterocycles. The molecule has 0 radical (unpaired) electrons. The molecule has 0 aromatic carbocycles. The predicted octanol–water partition coefficient (Wildman–Crippen LogP) is 3.16. The minimum atomic E-state index is -0.364. The Hall–Kier alpha value is -0.870. The molecule has 3 rings (SSSR count). The van der Waals surface area contributed by atoms with Gasteiger partial charge in [-0.05, 0) is 37.5 Å². The van der Waals surface area contributed by atoms with E-state index in [1.54, 1.807) is 0 Å². The third kappa shape index (κ3) is 3.09. The molecular formula is C18H29NO3. The SMILES string of the molecule is CC(=O)O[C@H]1OC[C@@H]2C=C([C@]3(N)CCCC(C)(C)C3)CC[C@H]12. The Morgan fingerprint density at radius 1 is 1.41 bits per heavy atom. The van der Waals surface area contributed by atoms with Crippen molar-refractivity contribution in [2.75, 3.05) is 6.61 Å². The van der Waals surface area contributed by atoms with E-state index in [0.29, 0.717) is 23.9 Å². The van der Waals surface area contributed by atoms with Crippen molar-refractivity contribution in [3.05, 3.63) is 11.6 Å². The lowest BCUT2D eigenvalue weighted by atomic mass is 9.63. The van der Waals surface area contributed by atoms with E-state index in [1.807, 2.05) is 0 Å². The summed E-state index contributed by atoms with van der Waals surface area (Å²) in [5.41, 5.74) is 8.41. The molecule has 4 heteroatoms. The maximum Gasteiger partial charge on any atom is 0.304 e. The van der Waals surface area contributed by atoms with Crippen molar-refractivity contribution < 1.29 is 14.3 Å². The highest BCUT2D eigenvalue weighted by Gasteiger charge is 2.45. The molecule has 0 amide bonds. The minimum Gasteiger partial charge on any atom is -0.436 e. The number of hydrogen-bond donors (Lipinski definition) is 1. The van der Waals surface area contributed by atoms with Gasteiger partial charge in [-0.1, -0.05) is 31.9 Å². The normalized spacial score (nSPS) is 40.7. The molecule has 2 aliphatic carbocycles. The molecule has 1 saturated heterocycles. The molecule has 0 bridgehead atoms. The lowest BCUT2D eigenvalue weighted by molar-refractivity contribution is -0.173. The summed E-state index contributed by atoms with van der Waals surface area (Å²) in [4.78, 5) is 11.2. The van der Waals surface area contributed by atoms with Crippen LogP contribution in [0.25, 0.3) is 0 Å². The van der Waals surface area contributed by atoms with Crippen molar-refractivity contribution in [1.82, 2.24) is 0 Å². The zero-order valence-electron chi connectivity index (χ0n) is 14.1. The molecule has 1 heterocycles. The zero-order chi connectivity index (χ0) is 16.0. The zero-order valence-corrected chi connectivity index (χ0v) is 14.1. The summed E-state index contributed by atoms with van der Waals surface area (Å²) in [5.74, 6) is 0.385. The highest BCUT2D eigenvalue weighted by molar-refractivity contribution is 5.66. The topological polar surface area (TPSA) is 61.5 Å². The summed E-state index contributed by atoms with van der Waals surface area (Å²) in [6, 6.07) is 0. The summed E-state index contributed by atoms with van der Waals surface area (Å²) in [7, 11) is 0. The summed E-state index contributed by atoms with van der Waals surface area (Å²) >= 11 is 0. The summed E-state index contributed by atoms with van der Waals surface area (Å²) in [5, 5.41) is 0. The number of hydrogen-bond acceptors (Lipinski definition) is 4. The van der Waals surface area contributed by atoms with E-state index in [9.17, 15) is 4.79 Å². The summed E-state index contributed by atoms with van der Waals surface area (Å²) in [6.45, 7) is 6.75. The fraction of sp³-hybridized carbons (Fsp3) is 0.833. The van der Waals surface area contributed by atoms with Crippen LogP contribution in [0.4, 0.5) is 0 Å². The smallest absolute Gasteiger partial charge is 0.304 e. The van der Waals surface area contributed by atoms with Gasteiger partial charge in [0.15, 0.2) is 0 Å². The lowest BCUT2D eigenvalue weighted by Crippen LogP contribution is -2.49. The number of rotatable bonds is 2. The van der Waals surface area contributed by atoms with Crippen LogP contribution in [0.5, 0.6) is 0 Å². The van der Waals surface area contributed by atoms with Crippen LogP contribution in [-0.4, -0.2) is 24.4 Å². The number of carbonyl (C=O) groups is 1. The van der Waals surface area contributed by atoms with E-state index >= 15 is 0 Å². The minimum absolute atomic E-state index is 0.147. The van der Waals surface area contributed by atoms with Crippen LogP contribution in [0.2, 0.25) is 0 Å². The molecule has 3 aliphatic rings. The van der Waals surface area contributed by atoms with Gasteiger partial charge >= 0.3 is 5.97 Å². The molecule has 0 unspecified atom stereocenters. The van der Waals surface area contributed by atoms with Gasteiger partial charge in [0.05, 0.1) is 6.61 Å². The van der Waals surface area contributed by atoms with Gasteiger partial charge in [0.1, 0.15) is 0 Å². The molecule has 4 nitrogen and oxygen atoms in total. The van der Waals surface area contributed by atoms with E-state index in [4.69, 9.17) is 15.2 Å². The van der Waals surface area contributed by atoms with Crippen molar-refractivity contribution in [3.63, 3.8) is 0 Å². The maximum absolute atomic E-state index is 11.2.